The summed E-state index contributed by atoms with van der Waals surface area (Å²) in [5.74, 6) is 0.256. The van der Waals surface area contributed by atoms with Crippen molar-refractivity contribution in [2.75, 3.05) is 5.32 Å². The minimum absolute atomic E-state index is 0.240. The van der Waals surface area contributed by atoms with E-state index in [-0.39, 0.29) is 11.6 Å². The minimum atomic E-state index is -0.329. The van der Waals surface area contributed by atoms with E-state index in [1.165, 1.54) is 12.4 Å². The Morgan fingerprint density at radius 1 is 1.30 bits per heavy atom. The number of aryl methyl sites for hydroxylation is 1. The van der Waals surface area contributed by atoms with Crippen LogP contribution < -0.4 is 5.32 Å². The molecule has 7 heteroatoms. The zero-order valence-corrected chi connectivity index (χ0v) is 12.0. The summed E-state index contributed by atoms with van der Waals surface area (Å²) in [6, 6.07) is 5.26. The molecule has 0 fully saturated rings. The Hall–Kier alpha value is -2.28. The van der Waals surface area contributed by atoms with Crippen molar-refractivity contribution in [2.24, 2.45) is 0 Å². The molecule has 0 aliphatic heterocycles. The summed E-state index contributed by atoms with van der Waals surface area (Å²) in [4.78, 5) is 24.2. The SMILES string of the molecule is Cc1nc2cc(NC(=O)c3cnc(Br)cn3)ccc2o1. The average Bonchev–Trinajstić information content (AvgIpc) is 2.78. The minimum Gasteiger partial charge on any atom is -0.441 e. The number of nitrogens with zero attached hydrogens (tertiary/aromatic N) is 3. The van der Waals surface area contributed by atoms with Gasteiger partial charge in [0.25, 0.3) is 5.91 Å². The Kier molecular flexibility index (Phi) is 3.19. The summed E-state index contributed by atoms with van der Waals surface area (Å²) < 4.78 is 5.95. The molecule has 2 aromatic heterocycles. The number of rotatable bonds is 2. The number of hydrogen-bond donors (Lipinski definition) is 1. The molecular weight excluding hydrogens is 324 g/mol. The van der Waals surface area contributed by atoms with Crippen molar-refractivity contribution in [1.82, 2.24) is 15.0 Å². The highest BCUT2D eigenvalue weighted by molar-refractivity contribution is 9.10. The first-order valence-electron chi connectivity index (χ1n) is 5.78. The molecule has 0 unspecified atom stereocenters. The van der Waals surface area contributed by atoms with E-state index >= 15 is 0 Å². The molecule has 3 rings (SSSR count). The van der Waals surface area contributed by atoms with Crippen LogP contribution in [0.25, 0.3) is 11.1 Å². The summed E-state index contributed by atoms with van der Waals surface area (Å²) >= 11 is 3.17. The zero-order valence-electron chi connectivity index (χ0n) is 10.4. The van der Waals surface area contributed by atoms with Gasteiger partial charge >= 0.3 is 0 Å². The number of amides is 1. The van der Waals surface area contributed by atoms with Gasteiger partial charge < -0.3 is 9.73 Å². The number of hydrogen-bond acceptors (Lipinski definition) is 5. The van der Waals surface area contributed by atoms with E-state index in [2.05, 4.69) is 36.2 Å². The van der Waals surface area contributed by atoms with Crippen molar-refractivity contribution in [1.29, 1.82) is 0 Å². The van der Waals surface area contributed by atoms with Crippen molar-refractivity contribution in [2.45, 2.75) is 6.92 Å². The van der Waals surface area contributed by atoms with Crippen LogP contribution in [0.5, 0.6) is 0 Å². The maximum absolute atomic E-state index is 12.0. The van der Waals surface area contributed by atoms with Gasteiger partial charge in [-0.1, -0.05) is 0 Å². The Morgan fingerprint density at radius 2 is 2.15 bits per heavy atom. The van der Waals surface area contributed by atoms with Gasteiger partial charge in [0.2, 0.25) is 0 Å². The molecule has 0 saturated heterocycles. The van der Waals surface area contributed by atoms with Crippen molar-refractivity contribution in [3.8, 4) is 0 Å². The van der Waals surface area contributed by atoms with E-state index in [0.717, 1.165) is 0 Å². The predicted molar refractivity (Wildman–Crippen MR) is 76.4 cm³/mol. The third kappa shape index (κ3) is 2.53. The predicted octanol–water partition coefficient (Wildman–Crippen LogP) is 2.94. The van der Waals surface area contributed by atoms with Crippen LogP contribution in [0.3, 0.4) is 0 Å². The van der Waals surface area contributed by atoms with Crippen LogP contribution in [0.1, 0.15) is 16.4 Å². The lowest BCUT2D eigenvalue weighted by Crippen LogP contribution is -2.13. The molecule has 1 amide bonds. The molecule has 100 valence electrons. The first kappa shape index (κ1) is 12.7. The number of carbonyl (C=O) groups is 1. The van der Waals surface area contributed by atoms with Crippen LogP contribution in [-0.2, 0) is 0 Å². The Morgan fingerprint density at radius 3 is 2.90 bits per heavy atom. The summed E-state index contributed by atoms with van der Waals surface area (Å²) in [5.41, 5.74) is 2.25. The molecule has 1 aromatic carbocycles. The number of anilines is 1. The van der Waals surface area contributed by atoms with E-state index in [1.54, 1.807) is 25.1 Å². The molecule has 0 saturated carbocycles. The normalized spacial score (nSPS) is 10.7. The summed E-state index contributed by atoms with van der Waals surface area (Å²) in [5, 5.41) is 2.74. The van der Waals surface area contributed by atoms with Crippen LogP contribution in [0, 0.1) is 6.92 Å². The second-order valence-electron chi connectivity index (χ2n) is 4.09. The van der Waals surface area contributed by atoms with E-state index in [4.69, 9.17) is 4.42 Å². The number of carbonyl (C=O) groups excluding carboxylic acids is 1. The number of oxazole rings is 1. The quantitative estimate of drug-likeness (QED) is 0.780. The lowest BCUT2D eigenvalue weighted by molar-refractivity contribution is 0.102. The van der Waals surface area contributed by atoms with Crippen LogP contribution >= 0.6 is 15.9 Å². The topological polar surface area (TPSA) is 80.9 Å². The van der Waals surface area contributed by atoms with E-state index in [0.29, 0.717) is 27.3 Å². The number of benzene rings is 1. The molecule has 6 nitrogen and oxygen atoms in total. The molecular formula is C13H9BrN4O2. The molecule has 2 heterocycles. The first-order valence-corrected chi connectivity index (χ1v) is 6.57. The largest absolute Gasteiger partial charge is 0.441 e. The van der Waals surface area contributed by atoms with Gasteiger partial charge in [0, 0.05) is 12.6 Å². The van der Waals surface area contributed by atoms with Gasteiger partial charge in [0.1, 0.15) is 15.8 Å². The molecule has 0 atom stereocenters. The average molecular weight is 333 g/mol. The van der Waals surface area contributed by atoms with Gasteiger partial charge in [0.15, 0.2) is 11.5 Å². The zero-order chi connectivity index (χ0) is 14.1. The van der Waals surface area contributed by atoms with Gasteiger partial charge in [-0.3, -0.25) is 4.79 Å². The first-order chi connectivity index (χ1) is 9.61. The monoisotopic (exact) mass is 332 g/mol. The van der Waals surface area contributed by atoms with E-state index < -0.39 is 0 Å². The molecule has 3 aromatic rings. The van der Waals surface area contributed by atoms with Crippen molar-refractivity contribution in [3.63, 3.8) is 0 Å². The number of halogens is 1. The fourth-order valence-corrected chi connectivity index (χ4v) is 1.95. The van der Waals surface area contributed by atoms with Gasteiger partial charge in [-0.05, 0) is 34.1 Å². The van der Waals surface area contributed by atoms with Crippen molar-refractivity contribution < 1.29 is 9.21 Å². The molecule has 0 bridgehead atoms. The van der Waals surface area contributed by atoms with Crippen molar-refractivity contribution >= 4 is 38.6 Å². The maximum atomic E-state index is 12.0. The standard InChI is InChI=1S/C13H9BrN4O2/c1-7-17-9-4-8(2-3-11(9)20-7)18-13(19)10-5-16-12(14)6-15-10/h2-6H,1H3,(H,18,19). The molecule has 0 aliphatic rings. The highest BCUT2D eigenvalue weighted by atomic mass is 79.9. The molecule has 0 aliphatic carbocycles. The lowest BCUT2D eigenvalue weighted by Gasteiger charge is -2.03. The Labute approximate surface area is 122 Å². The maximum Gasteiger partial charge on any atom is 0.275 e. The van der Waals surface area contributed by atoms with Gasteiger partial charge in [-0.25, -0.2) is 15.0 Å². The summed E-state index contributed by atoms with van der Waals surface area (Å²) in [7, 11) is 0. The number of nitrogens with one attached hydrogen (secondary N) is 1. The number of aromatic nitrogens is 3. The second kappa shape index (κ2) is 5.01. The summed E-state index contributed by atoms with van der Waals surface area (Å²) in [6.07, 6.45) is 2.87. The lowest BCUT2D eigenvalue weighted by atomic mass is 10.2. The molecule has 0 spiro atoms. The molecule has 0 radical (unpaired) electrons. The van der Waals surface area contributed by atoms with Crippen LogP contribution in [0.2, 0.25) is 0 Å². The van der Waals surface area contributed by atoms with E-state index in [1.807, 2.05) is 0 Å². The van der Waals surface area contributed by atoms with Gasteiger partial charge in [0.05, 0.1) is 12.4 Å². The Balaban J connectivity index is 1.84. The fraction of sp³-hybridized carbons (Fsp3) is 0.0769. The second-order valence-corrected chi connectivity index (χ2v) is 4.91. The fourth-order valence-electron chi connectivity index (χ4n) is 1.75. The number of fused-ring (bicyclic) bond motifs is 1. The summed E-state index contributed by atoms with van der Waals surface area (Å²) in [6.45, 7) is 1.77. The third-order valence-electron chi connectivity index (χ3n) is 2.61. The smallest absolute Gasteiger partial charge is 0.275 e. The molecule has 1 N–H and O–H groups in total. The Bertz CT molecular complexity index is 783. The highest BCUT2D eigenvalue weighted by Gasteiger charge is 2.09. The van der Waals surface area contributed by atoms with Crippen molar-refractivity contribution in [3.05, 3.63) is 46.8 Å². The highest BCUT2D eigenvalue weighted by Crippen LogP contribution is 2.20. The van der Waals surface area contributed by atoms with Crippen LogP contribution in [0.15, 0.2) is 39.6 Å². The van der Waals surface area contributed by atoms with E-state index in [9.17, 15) is 4.79 Å². The third-order valence-corrected chi connectivity index (χ3v) is 3.01. The van der Waals surface area contributed by atoms with Crippen LogP contribution in [0.4, 0.5) is 5.69 Å². The van der Waals surface area contributed by atoms with Crippen LogP contribution in [-0.4, -0.2) is 20.9 Å². The molecule has 20 heavy (non-hydrogen) atoms. The van der Waals surface area contributed by atoms with Gasteiger partial charge in [-0.2, -0.15) is 0 Å². The van der Waals surface area contributed by atoms with Gasteiger partial charge in [-0.15, -0.1) is 0 Å².